The predicted octanol–water partition coefficient (Wildman–Crippen LogP) is 1.70. The quantitative estimate of drug-likeness (QED) is 0.759. The summed E-state index contributed by atoms with van der Waals surface area (Å²) in [4.78, 5) is 21.3. The van der Waals surface area contributed by atoms with Gasteiger partial charge in [0.25, 0.3) is 5.91 Å². The Bertz CT molecular complexity index is 363. The molecule has 0 bridgehead atoms. The lowest BCUT2D eigenvalue weighted by atomic mass is 10.4. The first-order valence-electron chi connectivity index (χ1n) is 3.10. The molecule has 4 N–H and O–H groups in total. The van der Waals surface area contributed by atoms with E-state index in [1.54, 1.807) is 0 Å². The largest absolute Gasteiger partial charge is 0.465 e. The van der Waals surface area contributed by atoms with Crippen LogP contribution in [0.2, 0.25) is 0 Å². The Labute approximate surface area is 85.7 Å². The number of halogens is 1. The molecule has 0 atom stereocenters. The second kappa shape index (κ2) is 3.75. The van der Waals surface area contributed by atoms with Crippen LogP contribution in [0.3, 0.4) is 0 Å². The van der Waals surface area contributed by atoms with Crippen molar-refractivity contribution in [2.45, 2.75) is 0 Å². The molecule has 0 fully saturated rings. The van der Waals surface area contributed by atoms with Gasteiger partial charge in [0, 0.05) is 0 Å². The van der Waals surface area contributed by atoms with E-state index in [2.05, 4.69) is 21.2 Å². The van der Waals surface area contributed by atoms with Crippen LogP contribution in [0.4, 0.5) is 10.5 Å². The average molecular weight is 265 g/mol. The summed E-state index contributed by atoms with van der Waals surface area (Å²) in [5, 5.41) is 10.5. The predicted molar refractivity (Wildman–Crippen MR) is 52.2 cm³/mol. The molecular formula is C6H5BrN2O3S. The van der Waals surface area contributed by atoms with Crippen molar-refractivity contribution in [3.8, 4) is 0 Å². The van der Waals surface area contributed by atoms with Crippen LogP contribution in [0.15, 0.2) is 9.85 Å². The standard InChI is InChI=1S/C6H5BrN2O3S/c7-3-1-2(9-6(11)12)4(13-3)5(8)10/h1,9H,(H2,8,10)(H,11,12). The lowest BCUT2D eigenvalue weighted by molar-refractivity contribution is 0.100. The van der Waals surface area contributed by atoms with Crippen molar-refractivity contribution in [2.24, 2.45) is 5.73 Å². The molecule has 1 rings (SSSR count). The van der Waals surface area contributed by atoms with Crippen LogP contribution in [0.1, 0.15) is 9.67 Å². The van der Waals surface area contributed by atoms with Gasteiger partial charge in [0.2, 0.25) is 0 Å². The fourth-order valence-corrected chi connectivity index (χ4v) is 2.16. The maximum atomic E-state index is 10.8. The van der Waals surface area contributed by atoms with Crippen LogP contribution in [0.25, 0.3) is 0 Å². The number of amides is 2. The third-order valence-corrected chi connectivity index (χ3v) is 2.82. The highest BCUT2D eigenvalue weighted by Gasteiger charge is 2.14. The molecule has 0 saturated carbocycles. The van der Waals surface area contributed by atoms with Crippen molar-refractivity contribution >= 4 is 45.0 Å². The van der Waals surface area contributed by atoms with Crippen LogP contribution in [-0.4, -0.2) is 17.1 Å². The normalized spacial score (nSPS) is 9.62. The summed E-state index contributed by atoms with van der Waals surface area (Å²) in [5.41, 5.74) is 5.23. The number of thiophene rings is 1. The Balaban J connectivity index is 3.04. The van der Waals surface area contributed by atoms with Gasteiger partial charge in [-0.25, -0.2) is 4.79 Å². The molecule has 2 amide bonds. The third-order valence-electron chi connectivity index (χ3n) is 1.17. The Hall–Kier alpha value is -1.08. The summed E-state index contributed by atoms with van der Waals surface area (Å²) < 4.78 is 0.644. The Kier molecular flexibility index (Phi) is 2.89. The number of hydrogen-bond acceptors (Lipinski definition) is 3. The lowest BCUT2D eigenvalue weighted by Crippen LogP contribution is -2.14. The SMILES string of the molecule is NC(=O)c1sc(Br)cc1NC(=O)O. The average Bonchev–Trinajstić information content (AvgIpc) is 2.29. The van der Waals surface area contributed by atoms with Gasteiger partial charge in [-0.2, -0.15) is 0 Å². The van der Waals surface area contributed by atoms with Crippen molar-refractivity contribution in [3.63, 3.8) is 0 Å². The maximum absolute atomic E-state index is 10.8. The van der Waals surface area contributed by atoms with E-state index in [-0.39, 0.29) is 10.6 Å². The van der Waals surface area contributed by atoms with Crippen LogP contribution in [0, 0.1) is 0 Å². The van der Waals surface area contributed by atoms with Crippen LogP contribution in [-0.2, 0) is 0 Å². The Morgan fingerprint density at radius 2 is 2.23 bits per heavy atom. The highest BCUT2D eigenvalue weighted by Crippen LogP contribution is 2.30. The van der Waals surface area contributed by atoms with Crippen LogP contribution >= 0.6 is 27.3 Å². The molecule has 0 aliphatic carbocycles. The van der Waals surface area contributed by atoms with Crippen molar-refractivity contribution in [2.75, 3.05) is 5.32 Å². The number of hydrogen-bond donors (Lipinski definition) is 3. The van der Waals surface area contributed by atoms with E-state index in [0.29, 0.717) is 3.79 Å². The van der Waals surface area contributed by atoms with Gasteiger partial charge in [0.1, 0.15) is 4.88 Å². The topological polar surface area (TPSA) is 92.4 Å². The Morgan fingerprint density at radius 1 is 1.62 bits per heavy atom. The number of nitrogens with two attached hydrogens (primary N) is 1. The summed E-state index contributed by atoms with van der Waals surface area (Å²) in [7, 11) is 0. The molecule has 70 valence electrons. The van der Waals surface area contributed by atoms with E-state index in [9.17, 15) is 9.59 Å². The van der Waals surface area contributed by atoms with E-state index in [1.165, 1.54) is 6.07 Å². The molecule has 7 heteroatoms. The molecule has 1 heterocycles. The second-order valence-corrected chi connectivity index (χ2v) is 4.52. The molecule has 0 aromatic carbocycles. The molecule has 5 nitrogen and oxygen atoms in total. The molecule has 1 aromatic rings. The minimum atomic E-state index is -1.23. The van der Waals surface area contributed by atoms with Crippen LogP contribution in [0.5, 0.6) is 0 Å². The number of carbonyl (C=O) groups is 2. The number of carboxylic acid groups (broad SMARTS) is 1. The number of anilines is 1. The van der Waals surface area contributed by atoms with Crippen molar-refractivity contribution in [1.29, 1.82) is 0 Å². The fraction of sp³-hybridized carbons (Fsp3) is 0. The Morgan fingerprint density at radius 3 is 2.69 bits per heavy atom. The summed E-state index contributed by atoms with van der Waals surface area (Å²) in [5.74, 6) is -0.653. The molecule has 0 unspecified atom stereocenters. The van der Waals surface area contributed by atoms with Gasteiger partial charge in [-0.3, -0.25) is 10.1 Å². The number of primary amides is 1. The number of nitrogens with one attached hydrogen (secondary N) is 1. The van der Waals surface area contributed by atoms with E-state index in [1.807, 2.05) is 0 Å². The number of rotatable bonds is 2. The minimum absolute atomic E-state index is 0.189. The molecule has 0 aliphatic heterocycles. The maximum Gasteiger partial charge on any atom is 0.409 e. The monoisotopic (exact) mass is 264 g/mol. The van der Waals surface area contributed by atoms with Gasteiger partial charge >= 0.3 is 6.09 Å². The molecule has 0 spiro atoms. The van der Waals surface area contributed by atoms with E-state index < -0.39 is 12.0 Å². The van der Waals surface area contributed by atoms with Gasteiger partial charge < -0.3 is 10.8 Å². The second-order valence-electron chi connectivity index (χ2n) is 2.09. The summed E-state index contributed by atoms with van der Waals surface area (Å²) in [6.07, 6.45) is -1.23. The van der Waals surface area contributed by atoms with Gasteiger partial charge in [0.15, 0.2) is 0 Å². The zero-order chi connectivity index (χ0) is 10.0. The third kappa shape index (κ3) is 2.43. The first-order chi connectivity index (χ1) is 6.00. The zero-order valence-electron chi connectivity index (χ0n) is 6.20. The number of carbonyl (C=O) groups excluding carboxylic acids is 1. The summed E-state index contributed by atoms with van der Waals surface area (Å²) >= 11 is 4.20. The van der Waals surface area contributed by atoms with Gasteiger partial charge in [-0.1, -0.05) is 0 Å². The van der Waals surface area contributed by atoms with Gasteiger partial charge in [0.05, 0.1) is 9.47 Å². The first-order valence-corrected chi connectivity index (χ1v) is 4.70. The van der Waals surface area contributed by atoms with Gasteiger partial charge in [-0.05, 0) is 22.0 Å². The molecule has 13 heavy (non-hydrogen) atoms. The van der Waals surface area contributed by atoms with Crippen LogP contribution < -0.4 is 11.1 Å². The molecule has 0 saturated heterocycles. The van der Waals surface area contributed by atoms with Gasteiger partial charge in [-0.15, -0.1) is 11.3 Å². The summed E-state index contributed by atoms with van der Waals surface area (Å²) in [6.45, 7) is 0. The zero-order valence-corrected chi connectivity index (χ0v) is 8.61. The molecule has 0 aliphatic rings. The van der Waals surface area contributed by atoms with E-state index in [0.717, 1.165) is 11.3 Å². The van der Waals surface area contributed by atoms with E-state index in [4.69, 9.17) is 10.8 Å². The highest BCUT2D eigenvalue weighted by atomic mass is 79.9. The van der Waals surface area contributed by atoms with E-state index >= 15 is 0 Å². The molecule has 0 radical (unpaired) electrons. The molecular weight excluding hydrogens is 260 g/mol. The van der Waals surface area contributed by atoms with Crippen molar-refractivity contribution in [1.82, 2.24) is 0 Å². The fourth-order valence-electron chi connectivity index (χ4n) is 0.752. The minimum Gasteiger partial charge on any atom is -0.465 e. The first kappa shape index (κ1) is 10.0. The van der Waals surface area contributed by atoms with Crippen molar-refractivity contribution < 1.29 is 14.7 Å². The highest BCUT2D eigenvalue weighted by molar-refractivity contribution is 9.11. The smallest absolute Gasteiger partial charge is 0.409 e. The molecule has 1 aromatic heterocycles. The summed E-state index contributed by atoms with van der Waals surface area (Å²) in [6, 6.07) is 1.48. The lowest BCUT2D eigenvalue weighted by Gasteiger charge is -1.97. The van der Waals surface area contributed by atoms with Crippen molar-refractivity contribution in [3.05, 3.63) is 14.7 Å².